The first-order valence-corrected chi connectivity index (χ1v) is 8.96. The van der Waals surface area contributed by atoms with Crippen molar-refractivity contribution >= 4 is 23.7 Å². The molecule has 2 N–H and O–H groups in total. The first-order valence-electron chi connectivity index (χ1n) is 8.96. The van der Waals surface area contributed by atoms with Crippen molar-refractivity contribution < 1.29 is 19.1 Å². The molecule has 1 aliphatic heterocycles. The number of pyridine rings is 2. The van der Waals surface area contributed by atoms with Crippen LogP contribution in [0.3, 0.4) is 0 Å². The molecule has 1 spiro atoms. The summed E-state index contributed by atoms with van der Waals surface area (Å²) in [5, 5.41) is 5.13. The van der Waals surface area contributed by atoms with Crippen LogP contribution in [-0.2, 0) is 4.79 Å². The van der Waals surface area contributed by atoms with Crippen LogP contribution in [0.5, 0.6) is 11.5 Å². The van der Waals surface area contributed by atoms with Gasteiger partial charge in [-0.3, -0.25) is 24.8 Å². The second-order valence-corrected chi connectivity index (χ2v) is 6.85. The van der Waals surface area contributed by atoms with Gasteiger partial charge in [0.25, 0.3) is 5.91 Å². The highest BCUT2D eigenvalue weighted by atomic mass is 16.5. The Morgan fingerprint density at radius 3 is 2.61 bits per heavy atom. The summed E-state index contributed by atoms with van der Waals surface area (Å²) in [6, 6.07) is 5.90. The Hall–Kier alpha value is -3.49. The maximum atomic E-state index is 12.3. The Morgan fingerprint density at radius 2 is 1.96 bits per heavy atom. The zero-order chi connectivity index (χ0) is 19.7. The molecule has 1 saturated carbocycles. The number of urea groups is 1. The lowest BCUT2D eigenvalue weighted by atomic mass is 10.1. The molecule has 4 amide bonds. The smallest absolute Gasteiger partial charge is 0.329 e. The lowest BCUT2D eigenvalue weighted by molar-refractivity contribution is -0.129. The van der Waals surface area contributed by atoms with E-state index in [-0.39, 0.29) is 22.9 Å². The monoisotopic (exact) mass is 381 g/mol. The van der Waals surface area contributed by atoms with Crippen molar-refractivity contribution in [2.24, 2.45) is 5.41 Å². The second kappa shape index (κ2) is 6.91. The van der Waals surface area contributed by atoms with Gasteiger partial charge in [0.05, 0.1) is 11.6 Å². The highest BCUT2D eigenvalue weighted by Gasteiger charge is 2.56. The molecule has 2 aromatic rings. The highest BCUT2D eigenvalue weighted by molar-refractivity contribution is 6.05. The molecule has 0 atom stereocenters. The summed E-state index contributed by atoms with van der Waals surface area (Å²) in [5.74, 6) is 0.786. The minimum Gasteiger partial charge on any atom is -0.456 e. The maximum absolute atomic E-state index is 12.3. The van der Waals surface area contributed by atoms with E-state index in [4.69, 9.17) is 4.74 Å². The van der Waals surface area contributed by atoms with E-state index in [0.29, 0.717) is 23.9 Å². The van der Waals surface area contributed by atoms with Gasteiger partial charge in [-0.05, 0) is 37.5 Å². The molecule has 2 fully saturated rings. The standard InChI is InChI=1S/C19H19N5O4/c1-20-16(25)14-10-12(4-8-21-14)28-13-2-3-15(22-11-13)23-18(27)24-9-7-19(5-6-19)17(24)26/h2-4,8,10-11H,5-7,9H2,1H3,(H,20,25)(H,22,23,27). The van der Waals surface area contributed by atoms with Gasteiger partial charge in [0.2, 0.25) is 5.91 Å². The Labute approximate surface area is 161 Å². The van der Waals surface area contributed by atoms with Crippen LogP contribution < -0.4 is 15.4 Å². The SMILES string of the molecule is CNC(=O)c1cc(Oc2ccc(NC(=O)N3CCC4(CC4)C3=O)nc2)ccn1. The predicted octanol–water partition coefficient (Wildman–Crippen LogP) is 2.17. The summed E-state index contributed by atoms with van der Waals surface area (Å²) in [6.07, 6.45) is 5.40. The zero-order valence-electron chi connectivity index (χ0n) is 15.3. The van der Waals surface area contributed by atoms with Crippen LogP contribution in [0.1, 0.15) is 29.8 Å². The summed E-state index contributed by atoms with van der Waals surface area (Å²) in [7, 11) is 1.52. The number of imide groups is 1. The number of carbonyl (C=O) groups excluding carboxylic acids is 3. The van der Waals surface area contributed by atoms with E-state index < -0.39 is 6.03 Å². The van der Waals surface area contributed by atoms with Crippen LogP contribution >= 0.6 is 0 Å². The molecule has 0 aromatic carbocycles. The van der Waals surface area contributed by atoms with Crippen molar-refractivity contribution in [1.29, 1.82) is 0 Å². The molecule has 0 unspecified atom stereocenters. The first kappa shape index (κ1) is 17.9. The van der Waals surface area contributed by atoms with E-state index >= 15 is 0 Å². The average Bonchev–Trinajstić information content (AvgIpc) is 3.43. The van der Waals surface area contributed by atoms with Gasteiger partial charge in [0.15, 0.2) is 0 Å². The molecule has 1 aliphatic carbocycles. The van der Waals surface area contributed by atoms with Gasteiger partial charge in [0, 0.05) is 25.9 Å². The van der Waals surface area contributed by atoms with Crippen LogP contribution in [0.4, 0.5) is 10.6 Å². The number of likely N-dealkylation sites (tertiary alicyclic amines) is 1. The molecule has 3 heterocycles. The molecule has 9 nitrogen and oxygen atoms in total. The summed E-state index contributed by atoms with van der Waals surface area (Å²) in [5.41, 5.74) is -0.0406. The normalized spacial score (nSPS) is 16.8. The topological polar surface area (TPSA) is 114 Å². The van der Waals surface area contributed by atoms with E-state index in [1.807, 2.05) is 0 Å². The molecule has 28 heavy (non-hydrogen) atoms. The van der Waals surface area contributed by atoms with Crippen molar-refractivity contribution in [3.05, 3.63) is 42.4 Å². The van der Waals surface area contributed by atoms with Crippen molar-refractivity contribution in [1.82, 2.24) is 20.2 Å². The van der Waals surface area contributed by atoms with E-state index in [0.717, 1.165) is 19.3 Å². The minimum atomic E-state index is -0.459. The minimum absolute atomic E-state index is 0.0884. The van der Waals surface area contributed by atoms with Crippen LogP contribution in [0, 0.1) is 5.41 Å². The quantitative estimate of drug-likeness (QED) is 0.839. The number of hydrogen-bond donors (Lipinski definition) is 2. The Kier molecular flexibility index (Phi) is 4.42. The van der Waals surface area contributed by atoms with Crippen LogP contribution in [0.15, 0.2) is 36.7 Å². The third-order valence-electron chi connectivity index (χ3n) is 5.01. The predicted molar refractivity (Wildman–Crippen MR) is 99.0 cm³/mol. The molecule has 144 valence electrons. The number of rotatable bonds is 4. The first-order chi connectivity index (χ1) is 13.5. The van der Waals surface area contributed by atoms with Gasteiger partial charge in [-0.2, -0.15) is 0 Å². The average molecular weight is 381 g/mol. The number of amides is 4. The van der Waals surface area contributed by atoms with Crippen LogP contribution in [0.2, 0.25) is 0 Å². The summed E-state index contributed by atoms with van der Waals surface area (Å²) < 4.78 is 5.67. The number of nitrogens with one attached hydrogen (secondary N) is 2. The Balaban J connectivity index is 1.38. The maximum Gasteiger partial charge on any atom is 0.329 e. The second-order valence-electron chi connectivity index (χ2n) is 6.85. The van der Waals surface area contributed by atoms with E-state index in [1.54, 1.807) is 18.2 Å². The van der Waals surface area contributed by atoms with Gasteiger partial charge in [-0.15, -0.1) is 0 Å². The van der Waals surface area contributed by atoms with Crippen molar-refractivity contribution in [2.45, 2.75) is 19.3 Å². The molecule has 1 saturated heterocycles. The zero-order valence-corrected chi connectivity index (χ0v) is 15.3. The number of anilines is 1. The van der Waals surface area contributed by atoms with Gasteiger partial charge >= 0.3 is 6.03 Å². The molecular weight excluding hydrogens is 362 g/mol. The number of ether oxygens (including phenoxy) is 1. The Morgan fingerprint density at radius 1 is 1.14 bits per heavy atom. The van der Waals surface area contributed by atoms with Crippen molar-refractivity contribution in [3.63, 3.8) is 0 Å². The number of nitrogens with zero attached hydrogens (tertiary/aromatic N) is 3. The van der Waals surface area contributed by atoms with Crippen molar-refractivity contribution in [3.8, 4) is 11.5 Å². The molecule has 0 radical (unpaired) electrons. The highest BCUT2D eigenvalue weighted by Crippen LogP contribution is 2.53. The lowest BCUT2D eigenvalue weighted by Gasteiger charge is -2.15. The molecule has 0 bridgehead atoms. The van der Waals surface area contributed by atoms with Crippen LogP contribution in [-0.4, -0.2) is 46.3 Å². The largest absolute Gasteiger partial charge is 0.456 e. The van der Waals surface area contributed by atoms with Gasteiger partial charge in [0.1, 0.15) is 23.0 Å². The fraction of sp³-hybridized carbons (Fsp3) is 0.316. The fourth-order valence-electron chi connectivity index (χ4n) is 3.18. The molecular formula is C19H19N5O4. The Bertz CT molecular complexity index is 940. The van der Waals surface area contributed by atoms with Crippen molar-refractivity contribution in [2.75, 3.05) is 18.9 Å². The van der Waals surface area contributed by atoms with E-state index in [9.17, 15) is 14.4 Å². The summed E-state index contributed by atoms with van der Waals surface area (Å²) >= 11 is 0. The molecule has 2 aliphatic rings. The van der Waals surface area contributed by atoms with Crippen LogP contribution in [0.25, 0.3) is 0 Å². The van der Waals surface area contributed by atoms with Gasteiger partial charge in [-0.1, -0.05) is 0 Å². The molecule has 2 aromatic heterocycles. The van der Waals surface area contributed by atoms with Gasteiger partial charge < -0.3 is 10.1 Å². The molecule has 4 rings (SSSR count). The molecule has 9 heteroatoms. The third-order valence-corrected chi connectivity index (χ3v) is 5.01. The summed E-state index contributed by atoms with van der Waals surface area (Å²) in [6.45, 7) is 0.446. The third kappa shape index (κ3) is 3.38. The summed E-state index contributed by atoms with van der Waals surface area (Å²) in [4.78, 5) is 45.6. The van der Waals surface area contributed by atoms with Gasteiger partial charge in [-0.25, -0.2) is 9.78 Å². The number of carbonyl (C=O) groups is 3. The lowest BCUT2D eigenvalue weighted by Crippen LogP contribution is -2.37. The fourth-order valence-corrected chi connectivity index (χ4v) is 3.18. The van der Waals surface area contributed by atoms with E-state index in [1.165, 1.54) is 30.4 Å². The van der Waals surface area contributed by atoms with E-state index in [2.05, 4.69) is 20.6 Å². The number of aromatic nitrogens is 2. The number of hydrogen-bond acceptors (Lipinski definition) is 6.